The Morgan fingerprint density at radius 3 is 2.28 bits per heavy atom. The van der Waals surface area contributed by atoms with Crippen LogP contribution in [-0.4, -0.2) is 16.9 Å². The lowest BCUT2D eigenvalue weighted by molar-refractivity contribution is -0.137. The van der Waals surface area contributed by atoms with E-state index in [0.717, 1.165) is 23.4 Å². The molecule has 0 atom stereocenters. The topological polar surface area (TPSA) is 54.0 Å². The van der Waals surface area contributed by atoms with E-state index in [2.05, 4.69) is 15.6 Å². The maximum atomic E-state index is 13.4. The molecule has 2 N–H and O–H groups in total. The highest BCUT2D eigenvalue weighted by atomic mass is 19.4. The zero-order chi connectivity index (χ0) is 18.8. The number of aromatic nitrogens is 1. The SMILES string of the molecule is Cc1cccc(C)c1NC(=O)c1cnc(NC(C)C)cc1C(F)(F)F. The first-order valence-corrected chi connectivity index (χ1v) is 7.81. The molecule has 7 heteroatoms. The molecular weight excluding hydrogens is 331 g/mol. The summed E-state index contributed by atoms with van der Waals surface area (Å²) in [5.74, 6) is -0.765. The number of nitrogens with one attached hydrogen (secondary N) is 2. The fraction of sp³-hybridized carbons (Fsp3) is 0.333. The maximum absolute atomic E-state index is 13.4. The van der Waals surface area contributed by atoms with Crippen molar-refractivity contribution in [2.45, 2.75) is 39.9 Å². The molecule has 0 saturated carbocycles. The molecule has 2 aromatic rings. The molecule has 0 radical (unpaired) electrons. The zero-order valence-corrected chi connectivity index (χ0v) is 14.5. The third kappa shape index (κ3) is 4.49. The van der Waals surface area contributed by atoms with E-state index in [1.165, 1.54) is 0 Å². The van der Waals surface area contributed by atoms with Crippen LogP contribution in [0, 0.1) is 13.8 Å². The number of hydrogen-bond donors (Lipinski definition) is 2. The van der Waals surface area contributed by atoms with Gasteiger partial charge in [-0.3, -0.25) is 4.79 Å². The number of carbonyl (C=O) groups excluding carboxylic acids is 1. The van der Waals surface area contributed by atoms with Crippen molar-refractivity contribution in [3.05, 3.63) is 52.7 Å². The van der Waals surface area contributed by atoms with Crippen LogP contribution in [0.2, 0.25) is 0 Å². The second-order valence-electron chi connectivity index (χ2n) is 6.13. The molecule has 1 amide bonds. The Bertz CT molecular complexity index is 765. The number of benzene rings is 1. The van der Waals surface area contributed by atoms with E-state index in [1.807, 2.05) is 6.07 Å². The number of carbonyl (C=O) groups is 1. The fourth-order valence-corrected chi connectivity index (χ4v) is 2.44. The van der Waals surface area contributed by atoms with Crippen molar-refractivity contribution in [2.24, 2.45) is 0 Å². The third-order valence-corrected chi connectivity index (χ3v) is 3.61. The van der Waals surface area contributed by atoms with E-state index < -0.39 is 23.2 Å². The van der Waals surface area contributed by atoms with Crippen LogP contribution in [0.1, 0.15) is 40.9 Å². The summed E-state index contributed by atoms with van der Waals surface area (Å²) in [7, 11) is 0. The number of nitrogens with zero attached hydrogens (tertiary/aromatic N) is 1. The number of anilines is 2. The molecule has 0 spiro atoms. The minimum Gasteiger partial charge on any atom is -0.368 e. The van der Waals surface area contributed by atoms with Gasteiger partial charge in [0.2, 0.25) is 0 Å². The first-order chi connectivity index (χ1) is 11.6. The summed E-state index contributed by atoms with van der Waals surface area (Å²) in [4.78, 5) is 16.4. The second-order valence-corrected chi connectivity index (χ2v) is 6.13. The highest BCUT2D eigenvalue weighted by Crippen LogP contribution is 2.34. The van der Waals surface area contributed by atoms with Gasteiger partial charge >= 0.3 is 6.18 Å². The van der Waals surface area contributed by atoms with Gasteiger partial charge in [-0.1, -0.05) is 18.2 Å². The van der Waals surface area contributed by atoms with Gasteiger partial charge in [0.15, 0.2) is 0 Å². The Hall–Kier alpha value is -2.57. The number of pyridine rings is 1. The van der Waals surface area contributed by atoms with Crippen molar-refractivity contribution >= 4 is 17.4 Å². The van der Waals surface area contributed by atoms with Crippen LogP contribution < -0.4 is 10.6 Å². The summed E-state index contributed by atoms with van der Waals surface area (Å²) in [5, 5.41) is 5.38. The lowest BCUT2D eigenvalue weighted by Gasteiger charge is -2.17. The van der Waals surface area contributed by atoms with Crippen molar-refractivity contribution in [2.75, 3.05) is 10.6 Å². The summed E-state index contributed by atoms with van der Waals surface area (Å²) in [6.07, 6.45) is -3.71. The molecule has 0 aliphatic carbocycles. The molecule has 1 heterocycles. The van der Waals surface area contributed by atoms with Crippen molar-refractivity contribution in [1.82, 2.24) is 4.98 Å². The van der Waals surface area contributed by atoms with Crippen LogP contribution in [0.25, 0.3) is 0 Å². The number of rotatable bonds is 4. The molecule has 0 bridgehead atoms. The van der Waals surface area contributed by atoms with Crippen LogP contribution in [0.5, 0.6) is 0 Å². The lowest BCUT2D eigenvalue weighted by atomic mass is 10.1. The Morgan fingerprint density at radius 1 is 1.16 bits per heavy atom. The average Bonchev–Trinajstić information content (AvgIpc) is 2.49. The van der Waals surface area contributed by atoms with E-state index in [-0.39, 0.29) is 11.9 Å². The number of aryl methyl sites for hydroxylation is 2. The van der Waals surface area contributed by atoms with E-state index >= 15 is 0 Å². The largest absolute Gasteiger partial charge is 0.417 e. The van der Waals surface area contributed by atoms with Crippen LogP contribution in [0.15, 0.2) is 30.5 Å². The summed E-state index contributed by atoms with van der Waals surface area (Å²) < 4.78 is 40.2. The van der Waals surface area contributed by atoms with Gasteiger partial charge < -0.3 is 10.6 Å². The van der Waals surface area contributed by atoms with E-state index in [4.69, 9.17) is 0 Å². The summed E-state index contributed by atoms with van der Waals surface area (Å²) in [6.45, 7) is 7.13. The molecule has 0 fully saturated rings. The van der Waals surface area contributed by atoms with Gasteiger partial charge in [-0.15, -0.1) is 0 Å². The molecule has 2 rings (SSSR count). The highest BCUT2D eigenvalue weighted by molar-refractivity contribution is 6.06. The van der Waals surface area contributed by atoms with Crippen molar-refractivity contribution in [3.8, 4) is 0 Å². The van der Waals surface area contributed by atoms with Gasteiger partial charge in [0, 0.05) is 17.9 Å². The normalized spacial score (nSPS) is 11.5. The Morgan fingerprint density at radius 2 is 1.76 bits per heavy atom. The number of amides is 1. The molecule has 134 valence electrons. The molecule has 0 saturated heterocycles. The number of para-hydroxylation sites is 1. The van der Waals surface area contributed by atoms with Crippen LogP contribution in [0.3, 0.4) is 0 Å². The van der Waals surface area contributed by atoms with E-state index in [0.29, 0.717) is 5.69 Å². The minimum atomic E-state index is -4.66. The zero-order valence-electron chi connectivity index (χ0n) is 14.5. The molecule has 0 aliphatic heterocycles. The fourth-order valence-electron chi connectivity index (χ4n) is 2.44. The molecule has 0 aliphatic rings. The predicted octanol–water partition coefficient (Wildman–Crippen LogP) is 4.79. The summed E-state index contributed by atoms with van der Waals surface area (Å²) >= 11 is 0. The predicted molar refractivity (Wildman–Crippen MR) is 91.9 cm³/mol. The Balaban J connectivity index is 2.42. The van der Waals surface area contributed by atoms with Crippen molar-refractivity contribution < 1.29 is 18.0 Å². The lowest BCUT2D eigenvalue weighted by Crippen LogP contribution is -2.21. The van der Waals surface area contributed by atoms with Crippen LogP contribution >= 0.6 is 0 Å². The minimum absolute atomic E-state index is 0.0750. The standard InChI is InChI=1S/C18H20F3N3O/c1-10(2)23-15-8-14(18(19,20)21)13(9-22-15)17(25)24-16-11(3)6-5-7-12(16)4/h5-10H,1-4H3,(H,22,23)(H,24,25). The second kappa shape index (κ2) is 7.13. The Kier molecular flexibility index (Phi) is 5.35. The van der Waals surface area contributed by atoms with Crippen LogP contribution in [-0.2, 0) is 6.18 Å². The number of alkyl halides is 3. The smallest absolute Gasteiger partial charge is 0.368 e. The van der Waals surface area contributed by atoms with Crippen LogP contribution in [0.4, 0.5) is 24.7 Å². The van der Waals surface area contributed by atoms with Gasteiger partial charge in [0.1, 0.15) is 5.82 Å². The Labute approximate surface area is 144 Å². The van der Waals surface area contributed by atoms with Crippen molar-refractivity contribution in [3.63, 3.8) is 0 Å². The van der Waals surface area contributed by atoms with Gasteiger partial charge in [-0.2, -0.15) is 13.2 Å². The molecule has 1 aromatic carbocycles. The van der Waals surface area contributed by atoms with Gasteiger partial charge in [0.05, 0.1) is 11.1 Å². The summed E-state index contributed by atoms with van der Waals surface area (Å²) in [6, 6.07) is 6.15. The molecule has 0 unspecified atom stereocenters. The van der Waals surface area contributed by atoms with E-state index in [9.17, 15) is 18.0 Å². The molecule has 1 aromatic heterocycles. The summed E-state index contributed by atoms with van der Waals surface area (Å²) in [5.41, 5.74) is 0.518. The number of hydrogen-bond acceptors (Lipinski definition) is 3. The third-order valence-electron chi connectivity index (χ3n) is 3.61. The van der Waals surface area contributed by atoms with Gasteiger partial charge in [-0.05, 0) is 44.9 Å². The molecule has 25 heavy (non-hydrogen) atoms. The average molecular weight is 351 g/mol. The first kappa shape index (κ1) is 18.8. The van der Waals surface area contributed by atoms with E-state index in [1.54, 1.807) is 39.8 Å². The van der Waals surface area contributed by atoms with Gasteiger partial charge in [-0.25, -0.2) is 4.98 Å². The maximum Gasteiger partial charge on any atom is 0.417 e. The monoisotopic (exact) mass is 351 g/mol. The highest BCUT2D eigenvalue weighted by Gasteiger charge is 2.36. The first-order valence-electron chi connectivity index (χ1n) is 7.81. The van der Waals surface area contributed by atoms with Crippen molar-refractivity contribution in [1.29, 1.82) is 0 Å². The quantitative estimate of drug-likeness (QED) is 0.833. The van der Waals surface area contributed by atoms with Gasteiger partial charge in [0.25, 0.3) is 5.91 Å². The number of halogens is 3. The molecular formula is C18H20F3N3O. The molecule has 4 nitrogen and oxygen atoms in total.